The average Bonchev–Trinajstić information content (AvgIpc) is 2.87. The molecule has 1 fully saturated rings. The van der Waals surface area contributed by atoms with E-state index in [1.807, 2.05) is 13.1 Å². The monoisotopic (exact) mass is 175 g/mol. The van der Waals surface area contributed by atoms with E-state index >= 15 is 0 Å². The first kappa shape index (κ1) is 8.33. The maximum absolute atomic E-state index is 5.30. The SMILES string of the molecule is C#Cc1cc(CNC2CC2)nn1C. The Hall–Kier alpha value is -1.27. The smallest absolute Gasteiger partial charge is 0.110 e. The van der Waals surface area contributed by atoms with Gasteiger partial charge in [-0.25, -0.2) is 0 Å². The van der Waals surface area contributed by atoms with Gasteiger partial charge < -0.3 is 5.32 Å². The van der Waals surface area contributed by atoms with Crippen molar-refractivity contribution >= 4 is 0 Å². The fraction of sp³-hybridized carbons (Fsp3) is 0.500. The summed E-state index contributed by atoms with van der Waals surface area (Å²) in [5, 5.41) is 7.69. The molecule has 68 valence electrons. The standard InChI is InChI=1S/C10H13N3/c1-3-10-6-9(12-13(10)2)7-11-8-4-5-8/h1,6,8,11H,4-5,7H2,2H3. The fourth-order valence-electron chi connectivity index (χ4n) is 1.28. The minimum Gasteiger partial charge on any atom is -0.308 e. The number of terminal acetylenes is 1. The summed E-state index contributed by atoms with van der Waals surface area (Å²) in [5.74, 6) is 2.59. The number of rotatable bonds is 3. The molecule has 1 aliphatic carbocycles. The van der Waals surface area contributed by atoms with Crippen molar-refractivity contribution < 1.29 is 0 Å². The number of nitrogens with one attached hydrogen (secondary N) is 1. The summed E-state index contributed by atoms with van der Waals surface area (Å²) in [6, 6.07) is 2.67. The van der Waals surface area contributed by atoms with E-state index in [0.29, 0.717) is 0 Å². The summed E-state index contributed by atoms with van der Waals surface area (Å²) in [6.45, 7) is 0.834. The maximum Gasteiger partial charge on any atom is 0.110 e. The van der Waals surface area contributed by atoms with E-state index in [9.17, 15) is 0 Å². The lowest BCUT2D eigenvalue weighted by Crippen LogP contribution is -2.15. The lowest BCUT2D eigenvalue weighted by Gasteiger charge is -1.96. The van der Waals surface area contributed by atoms with Gasteiger partial charge in [-0.05, 0) is 18.9 Å². The van der Waals surface area contributed by atoms with E-state index in [0.717, 1.165) is 24.0 Å². The molecule has 1 heterocycles. The number of aromatic nitrogens is 2. The molecule has 1 aromatic heterocycles. The molecule has 0 aromatic carbocycles. The number of hydrogen-bond acceptors (Lipinski definition) is 2. The molecule has 3 heteroatoms. The second-order valence-electron chi connectivity index (χ2n) is 3.44. The van der Waals surface area contributed by atoms with Crippen LogP contribution in [0.2, 0.25) is 0 Å². The highest BCUT2D eigenvalue weighted by atomic mass is 15.3. The quantitative estimate of drug-likeness (QED) is 0.684. The molecule has 1 aliphatic rings. The van der Waals surface area contributed by atoms with Crippen LogP contribution in [-0.4, -0.2) is 15.8 Å². The van der Waals surface area contributed by atoms with Gasteiger partial charge in [-0.2, -0.15) is 5.10 Å². The summed E-state index contributed by atoms with van der Waals surface area (Å²) in [5.41, 5.74) is 1.87. The van der Waals surface area contributed by atoms with Crippen molar-refractivity contribution in [3.05, 3.63) is 17.5 Å². The van der Waals surface area contributed by atoms with E-state index in [1.165, 1.54) is 12.8 Å². The highest BCUT2D eigenvalue weighted by Gasteiger charge is 2.20. The maximum atomic E-state index is 5.30. The van der Waals surface area contributed by atoms with Crippen molar-refractivity contribution in [1.82, 2.24) is 15.1 Å². The third kappa shape index (κ3) is 1.90. The highest BCUT2D eigenvalue weighted by Crippen LogP contribution is 2.19. The first-order chi connectivity index (χ1) is 6.29. The second-order valence-corrected chi connectivity index (χ2v) is 3.44. The van der Waals surface area contributed by atoms with Gasteiger partial charge in [-0.1, -0.05) is 5.92 Å². The van der Waals surface area contributed by atoms with Crippen molar-refractivity contribution in [3.8, 4) is 12.3 Å². The molecule has 0 unspecified atom stereocenters. The minimum atomic E-state index is 0.719. The summed E-state index contributed by atoms with van der Waals surface area (Å²) in [4.78, 5) is 0. The van der Waals surface area contributed by atoms with Crippen molar-refractivity contribution in [3.63, 3.8) is 0 Å². The molecule has 0 aliphatic heterocycles. The van der Waals surface area contributed by atoms with E-state index in [-0.39, 0.29) is 0 Å². The van der Waals surface area contributed by atoms with Gasteiger partial charge in [0.2, 0.25) is 0 Å². The predicted molar refractivity (Wildman–Crippen MR) is 51.0 cm³/mol. The molecule has 0 atom stereocenters. The lowest BCUT2D eigenvalue weighted by molar-refractivity contribution is 0.651. The first-order valence-electron chi connectivity index (χ1n) is 4.52. The zero-order valence-electron chi connectivity index (χ0n) is 7.75. The Balaban J connectivity index is 1.99. The van der Waals surface area contributed by atoms with Gasteiger partial charge in [0.1, 0.15) is 5.69 Å². The minimum absolute atomic E-state index is 0.719. The molecule has 0 spiro atoms. The molecule has 1 aromatic rings. The molecule has 2 rings (SSSR count). The predicted octanol–water partition coefficient (Wildman–Crippen LogP) is 0.653. The molecule has 13 heavy (non-hydrogen) atoms. The van der Waals surface area contributed by atoms with Crippen LogP contribution in [0.5, 0.6) is 0 Å². The molecular weight excluding hydrogens is 162 g/mol. The van der Waals surface area contributed by atoms with Crippen LogP contribution >= 0.6 is 0 Å². The lowest BCUT2D eigenvalue weighted by atomic mass is 10.3. The van der Waals surface area contributed by atoms with Crippen LogP contribution in [0, 0.1) is 12.3 Å². The Kier molecular flexibility index (Phi) is 2.07. The fourth-order valence-corrected chi connectivity index (χ4v) is 1.28. The van der Waals surface area contributed by atoms with E-state index in [4.69, 9.17) is 6.42 Å². The van der Waals surface area contributed by atoms with Crippen molar-refractivity contribution in [1.29, 1.82) is 0 Å². The van der Waals surface area contributed by atoms with Gasteiger partial charge in [0.25, 0.3) is 0 Å². The summed E-state index contributed by atoms with van der Waals surface area (Å²) in [7, 11) is 1.87. The van der Waals surface area contributed by atoms with Crippen LogP contribution in [0.4, 0.5) is 0 Å². The molecule has 1 N–H and O–H groups in total. The molecule has 0 radical (unpaired) electrons. The van der Waals surface area contributed by atoms with Gasteiger partial charge in [0.05, 0.1) is 5.69 Å². The summed E-state index contributed by atoms with van der Waals surface area (Å²) >= 11 is 0. The Bertz CT molecular complexity index is 342. The second kappa shape index (κ2) is 3.23. The van der Waals surface area contributed by atoms with Crippen LogP contribution in [0.3, 0.4) is 0 Å². The van der Waals surface area contributed by atoms with Crippen LogP contribution in [-0.2, 0) is 13.6 Å². The molecule has 3 nitrogen and oxygen atoms in total. The van der Waals surface area contributed by atoms with Crippen molar-refractivity contribution in [2.75, 3.05) is 0 Å². The van der Waals surface area contributed by atoms with E-state index in [2.05, 4.69) is 16.3 Å². The third-order valence-electron chi connectivity index (χ3n) is 2.23. The topological polar surface area (TPSA) is 29.9 Å². The van der Waals surface area contributed by atoms with Gasteiger partial charge in [0.15, 0.2) is 0 Å². The van der Waals surface area contributed by atoms with E-state index < -0.39 is 0 Å². The van der Waals surface area contributed by atoms with Crippen LogP contribution in [0.25, 0.3) is 0 Å². The third-order valence-corrected chi connectivity index (χ3v) is 2.23. The van der Waals surface area contributed by atoms with Gasteiger partial charge >= 0.3 is 0 Å². The van der Waals surface area contributed by atoms with Gasteiger partial charge in [-0.3, -0.25) is 4.68 Å². The van der Waals surface area contributed by atoms with E-state index in [1.54, 1.807) is 4.68 Å². The molecule has 0 saturated heterocycles. The Morgan fingerprint density at radius 2 is 2.54 bits per heavy atom. The van der Waals surface area contributed by atoms with Crippen molar-refractivity contribution in [2.24, 2.45) is 7.05 Å². The molecule has 0 amide bonds. The van der Waals surface area contributed by atoms with Gasteiger partial charge in [0, 0.05) is 19.6 Å². The largest absolute Gasteiger partial charge is 0.308 e. The number of nitrogens with zero attached hydrogens (tertiary/aromatic N) is 2. The number of aryl methyl sites for hydroxylation is 1. The zero-order chi connectivity index (χ0) is 9.26. The van der Waals surface area contributed by atoms with Crippen molar-refractivity contribution in [2.45, 2.75) is 25.4 Å². The highest BCUT2D eigenvalue weighted by molar-refractivity contribution is 5.26. The Morgan fingerprint density at radius 1 is 1.77 bits per heavy atom. The van der Waals surface area contributed by atoms with Crippen LogP contribution in [0.1, 0.15) is 24.2 Å². The molecule has 1 saturated carbocycles. The zero-order valence-corrected chi connectivity index (χ0v) is 7.75. The summed E-state index contributed by atoms with van der Waals surface area (Å²) < 4.78 is 1.74. The average molecular weight is 175 g/mol. The molecular formula is C10H13N3. The van der Waals surface area contributed by atoms with Crippen LogP contribution < -0.4 is 5.32 Å². The normalized spacial score (nSPS) is 15.7. The van der Waals surface area contributed by atoms with Gasteiger partial charge in [-0.15, -0.1) is 6.42 Å². The Morgan fingerprint density at radius 3 is 3.08 bits per heavy atom. The summed E-state index contributed by atoms with van der Waals surface area (Å²) in [6.07, 6.45) is 7.90. The molecule has 0 bridgehead atoms. The first-order valence-corrected chi connectivity index (χ1v) is 4.52. The van der Waals surface area contributed by atoms with Crippen LogP contribution in [0.15, 0.2) is 6.07 Å². The number of hydrogen-bond donors (Lipinski definition) is 1. The Labute approximate surface area is 78.1 Å².